The molecule has 1 heterocycles. The highest BCUT2D eigenvalue weighted by Crippen LogP contribution is 2.30. The molecule has 148 valence electrons. The molecule has 30 heavy (non-hydrogen) atoms. The van der Waals surface area contributed by atoms with E-state index in [9.17, 15) is 4.79 Å². The van der Waals surface area contributed by atoms with E-state index in [-0.39, 0.29) is 11.6 Å². The van der Waals surface area contributed by atoms with Crippen LogP contribution in [-0.2, 0) is 6.54 Å². The number of ether oxygens (including phenoxy) is 1. The van der Waals surface area contributed by atoms with Crippen LogP contribution in [-0.4, -0.2) is 15.9 Å². The summed E-state index contributed by atoms with van der Waals surface area (Å²) in [7, 11) is 0. The van der Waals surface area contributed by atoms with Gasteiger partial charge in [0.2, 0.25) is 5.95 Å². The maximum atomic E-state index is 12.5. The van der Waals surface area contributed by atoms with Crippen LogP contribution in [0.1, 0.15) is 16.1 Å². The molecule has 4 aromatic rings. The number of nitrogens with zero attached hydrogens (tertiary/aromatic N) is 2. The SMILES string of the molecule is O=C(NCc1ccccc1)c1ccnc(Nc2ccccc2Oc2ccccc2)n1. The van der Waals surface area contributed by atoms with E-state index in [1.807, 2.05) is 84.9 Å². The number of carbonyl (C=O) groups excluding carboxylic acids is 1. The Hall–Kier alpha value is -4.19. The van der Waals surface area contributed by atoms with E-state index in [1.54, 1.807) is 12.3 Å². The zero-order valence-corrected chi connectivity index (χ0v) is 16.2. The first-order valence-corrected chi connectivity index (χ1v) is 9.52. The highest BCUT2D eigenvalue weighted by atomic mass is 16.5. The summed E-state index contributed by atoms with van der Waals surface area (Å²) in [4.78, 5) is 21.0. The molecule has 0 aliphatic carbocycles. The summed E-state index contributed by atoms with van der Waals surface area (Å²) in [6.07, 6.45) is 1.55. The maximum absolute atomic E-state index is 12.5. The van der Waals surface area contributed by atoms with Gasteiger partial charge in [0, 0.05) is 12.7 Å². The minimum absolute atomic E-state index is 0.266. The molecule has 0 aliphatic rings. The number of para-hydroxylation sites is 3. The van der Waals surface area contributed by atoms with Gasteiger partial charge in [-0.25, -0.2) is 9.97 Å². The number of nitrogens with one attached hydrogen (secondary N) is 2. The van der Waals surface area contributed by atoms with Crippen molar-refractivity contribution >= 4 is 17.5 Å². The number of aromatic nitrogens is 2. The lowest BCUT2D eigenvalue weighted by atomic mass is 10.2. The quantitative estimate of drug-likeness (QED) is 0.463. The van der Waals surface area contributed by atoms with Crippen LogP contribution in [0.2, 0.25) is 0 Å². The molecule has 0 unspecified atom stereocenters. The normalized spacial score (nSPS) is 10.3. The third-order valence-electron chi connectivity index (χ3n) is 4.29. The molecule has 0 aliphatic heterocycles. The summed E-state index contributed by atoms with van der Waals surface area (Å²) in [5, 5.41) is 6.00. The Morgan fingerprint density at radius 3 is 2.33 bits per heavy atom. The van der Waals surface area contributed by atoms with Gasteiger partial charge in [-0.05, 0) is 35.9 Å². The molecule has 0 spiro atoms. The van der Waals surface area contributed by atoms with E-state index >= 15 is 0 Å². The van der Waals surface area contributed by atoms with Crippen LogP contribution in [0.15, 0.2) is 97.2 Å². The van der Waals surface area contributed by atoms with Crippen LogP contribution >= 0.6 is 0 Å². The third-order valence-corrected chi connectivity index (χ3v) is 4.29. The molecule has 1 amide bonds. The van der Waals surface area contributed by atoms with Crippen molar-refractivity contribution in [1.29, 1.82) is 0 Å². The fraction of sp³-hybridized carbons (Fsp3) is 0.0417. The zero-order chi connectivity index (χ0) is 20.6. The van der Waals surface area contributed by atoms with Crippen molar-refractivity contribution in [2.75, 3.05) is 5.32 Å². The second-order valence-electron chi connectivity index (χ2n) is 6.47. The first-order chi connectivity index (χ1) is 14.8. The van der Waals surface area contributed by atoms with Crippen LogP contribution in [0.25, 0.3) is 0 Å². The Kier molecular flexibility index (Phi) is 5.96. The lowest BCUT2D eigenvalue weighted by molar-refractivity contribution is 0.0946. The molecule has 2 N–H and O–H groups in total. The molecule has 0 atom stereocenters. The zero-order valence-electron chi connectivity index (χ0n) is 16.2. The molecule has 0 saturated heterocycles. The number of carbonyl (C=O) groups is 1. The fourth-order valence-electron chi connectivity index (χ4n) is 2.81. The van der Waals surface area contributed by atoms with Crippen molar-refractivity contribution in [1.82, 2.24) is 15.3 Å². The Bertz CT molecular complexity index is 1120. The highest BCUT2D eigenvalue weighted by Gasteiger charge is 2.11. The summed E-state index contributed by atoms with van der Waals surface area (Å²) in [5.74, 6) is 1.40. The molecule has 0 fully saturated rings. The molecule has 4 rings (SSSR count). The van der Waals surface area contributed by atoms with Crippen LogP contribution < -0.4 is 15.4 Å². The summed E-state index contributed by atoms with van der Waals surface area (Å²) in [6.45, 7) is 0.431. The molecule has 0 saturated carbocycles. The monoisotopic (exact) mass is 396 g/mol. The minimum atomic E-state index is -0.266. The van der Waals surface area contributed by atoms with Crippen LogP contribution in [0.3, 0.4) is 0 Å². The number of hydrogen-bond donors (Lipinski definition) is 2. The van der Waals surface area contributed by atoms with Gasteiger partial charge in [-0.15, -0.1) is 0 Å². The number of benzene rings is 3. The van der Waals surface area contributed by atoms with E-state index in [4.69, 9.17) is 4.74 Å². The van der Waals surface area contributed by atoms with Gasteiger partial charge < -0.3 is 15.4 Å². The summed E-state index contributed by atoms with van der Waals surface area (Å²) in [6, 6.07) is 28.3. The van der Waals surface area contributed by atoms with Crippen molar-refractivity contribution in [2.45, 2.75) is 6.54 Å². The van der Waals surface area contributed by atoms with Gasteiger partial charge in [-0.2, -0.15) is 0 Å². The summed E-state index contributed by atoms with van der Waals surface area (Å²) < 4.78 is 5.95. The van der Waals surface area contributed by atoms with E-state index < -0.39 is 0 Å². The minimum Gasteiger partial charge on any atom is -0.455 e. The molecule has 1 aromatic heterocycles. The van der Waals surface area contributed by atoms with E-state index in [2.05, 4.69) is 20.6 Å². The number of hydrogen-bond acceptors (Lipinski definition) is 5. The van der Waals surface area contributed by atoms with Crippen molar-refractivity contribution < 1.29 is 9.53 Å². The highest BCUT2D eigenvalue weighted by molar-refractivity contribution is 5.92. The van der Waals surface area contributed by atoms with Crippen molar-refractivity contribution in [3.05, 3.63) is 108 Å². The predicted molar refractivity (Wildman–Crippen MR) is 116 cm³/mol. The van der Waals surface area contributed by atoms with Crippen molar-refractivity contribution in [2.24, 2.45) is 0 Å². The van der Waals surface area contributed by atoms with E-state index in [1.165, 1.54) is 0 Å². The van der Waals surface area contributed by atoms with Crippen molar-refractivity contribution in [3.63, 3.8) is 0 Å². The number of anilines is 2. The van der Waals surface area contributed by atoms with Crippen LogP contribution in [0.5, 0.6) is 11.5 Å². The van der Waals surface area contributed by atoms with E-state index in [0.717, 1.165) is 11.3 Å². The topological polar surface area (TPSA) is 76.1 Å². The summed E-state index contributed by atoms with van der Waals surface area (Å²) in [5.41, 5.74) is 2.00. The van der Waals surface area contributed by atoms with Gasteiger partial charge in [0.15, 0.2) is 5.75 Å². The van der Waals surface area contributed by atoms with Gasteiger partial charge in [-0.1, -0.05) is 60.7 Å². The molecular formula is C24H20N4O2. The van der Waals surface area contributed by atoms with Crippen LogP contribution in [0.4, 0.5) is 11.6 Å². The van der Waals surface area contributed by atoms with E-state index in [0.29, 0.717) is 23.9 Å². The van der Waals surface area contributed by atoms with Crippen molar-refractivity contribution in [3.8, 4) is 11.5 Å². The average Bonchev–Trinajstić information content (AvgIpc) is 2.80. The largest absolute Gasteiger partial charge is 0.455 e. The predicted octanol–water partition coefficient (Wildman–Crippen LogP) is 4.94. The second-order valence-corrected chi connectivity index (χ2v) is 6.47. The van der Waals surface area contributed by atoms with Gasteiger partial charge >= 0.3 is 0 Å². The lowest BCUT2D eigenvalue weighted by Gasteiger charge is -2.12. The molecule has 6 nitrogen and oxygen atoms in total. The Morgan fingerprint density at radius 1 is 0.833 bits per heavy atom. The molecule has 6 heteroatoms. The third kappa shape index (κ3) is 4.99. The number of rotatable bonds is 7. The van der Waals surface area contributed by atoms with Gasteiger partial charge in [0.05, 0.1) is 5.69 Å². The fourth-order valence-corrected chi connectivity index (χ4v) is 2.81. The molecule has 0 bridgehead atoms. The second kappa shape index (κ2) is 9.34. The lowest BCUT2D eigenvalue weighted by Crippen LogP contribution is -2.24. The first-order valence-electron chi connectivity index (χ1n) is 9.52. The molecule has 3 aromatic carbocycles. The Morgan fingerprint density at radius 2 is 1.53 bits per heavy atom. The molecular weight excluding hydrogens is 376 g/mol. The first kappa shape index (κ1) is 19.1. The van der Waals surface area contributed by atoms with Gasteiger partial charge in [-0.3, -0.25) is 4.79 Å². The van der Waals surface area contributed by atoms with Crippen LogP contribution in [0, 0.1) is 0 Å². The smallest absolute Gasteiger partial charge is 0.270 e. The Labute approximate surface area is 174 Å². The molecule has 0 radical (unpaired) electrons. The number of amides is 1. The van der Waals surface area contributed by atoms with Gasteiger partial charge in [0.1, 0.15) is 11.4 Å². The van der Waals surface area contributed by atoms with Gasteiger partial charge in [0.25, 0.3) is 5.91 Å². The summed E-state index contributed by atoms with van der Waals surface area (Å²) >= 11 is 0. The standard InChI is InChI=1S/C24H20N4O2/c29-23(26-17-18-9-3-1-4-10-18)21-15-16-25-24(28-21)27-20-13-7-8-14-22(20)30-19-11-5-2-6-12-19/h1-16H,17H2,(H,26,29)(H,25,27,28). The maximum Gasteiger partial charge on any atom is 0.270 e. The Balaban J connectivity index is 1.46. The average molecular weight is 396 g/mol.